The van der Waals surface area contributed by atoms with Crippen LogP contribution in [0.2, 0.25) is 0 Å². The van der Waals surface area contributed by atoms with Crippen molar-refractivity contribution in [2.24, 2.45) is 0 Å². The molecule has 9 nitrogen and oxygen atoms in total. The van der Waals surface area contributed by atoms with Crippen LogP contribution in [0.1, 0.15) is 28.7 Å². The molecule has 0 aliphatic heterocycles. The second-order valence-electron chi connectivity index (χ2n) is 6.66. The average molecular weight is 437 g/mol. The van der Waals surface area contributed by atoms with Crippen molar-refractivity contribution in [3.05, 3.63) is 63.7 Å². The van der Waals surface area contributed by atoms with Gasteiger partial charge in [-0.2, -0.15) is 0 Å². The SMILES string of the molecule is CCNC(=O)COc1ccc(C=Cc2nc3cc(C(=O)OC)ccc3c(=O)[nH]2)cc1OC. The lowest BCUT2D eigenvalue weighted by molar-refractivity contribution is -0.123. The Bertz CT molecular complexity index is 1230. The molecular formula is C23H23N3O6. The fourth-order valence-electron chi connectivity index (χ4n) is 2.96. The number of ether oxygens (including phenoxy) is 3. The van der Waals surface area contributed by atoms with Crippen LogP contribution in [0.15, 0.2) is 41.2 Å². The third-order valence-electron chi connectivity index (χ3n) is 4.50. The molecule has 2 aromatic carbocycles. The summed E-state index contributed by atoms with van der Waals surface area (Å²) in [6.45, 7) is 2.24. The van der Waals surface area contributed by atoms with Gasteiger partial charge in [0.2, 0.25) is 0 Å². The van der Waals surface area contributed by atoms with Crippen LogP contribution in [0.4, 0.5) is 0 Å². The van der Waals surface area contributed by atoms with Gasteiger partial charge in [0, 0.05) is 6.54 Å². The minimum Gasteiger partial charge on any atom is -0.493 e. The van der Waals surface area contributed by atoms with Gasteiger partial charge in [-0.1, -0.05) is 12.1 Å². The molecule has 1 aromatic heterocycles. The van der Waals surface area contributed by atoms with Gasteiger partial charge < -0.3 is 24.5 Å². The Kier molecular flexibility index (Phi) is 7.22. The molecule has 2 N–H and O–H groups in total. The Labute approximate surface area is 184 Å². The van der Waals surface area contributed by atoms with E-state index in [1.54, 1.807) is 30.4 Å². The topological polar surface area (TPSA) is 120 Å². The zero-order valence-corrected chi connectivity index (χ0v) is 17.9. The lowest BCUT2D eigenvalue weighted by Crippen LogP contribution is -2.28. The highest BCUT2D eigenvalue weighted by Gasteiger charge is 2.10. The van der Waals surface area contributed by atoms with Gasteiger partial charge in [0.25, 0.3) is 11.5 Å². The summed E-state index contributed by atoms with van der Waals surface area (Å²) in [5, 5.41) is 3.02. The van der Waals surface area contributed by atoms with Crippen molar-refractivity contribution < 1.29 is 23.8 Å². The summed E-state index contributed by atoms with van der Waals surface area (Å²) in [7, 11) is 2.79. The lowest BCUT2D eigenvalue weighted by Gasteiger charge is -2.11. The molecule has 0 aliphatic rings. The van der Waals surface area contributed by atoms with E-state index in [1.807, 2.05) is 6.92 Å². The van der Waals surface area contributed by atoms with Crippen molar-refractivity contribution in [1.29, 1.82) is 0 Å². The van der Waals surface area contributed by atoms with E-state index in [4.69, 9.17) is 14.2 Å². The average Bonchev–Trinajstić information content (AvgIpc) is 2.80. The minimum absolute atomic E-state index is 0.116. The summed E-state index contributed by atoms with van der Waals surface area (Å²) >= 11 is 0. The predicted octanol–water partition coefficient (Wildman–Crippen LogP) is 2.40. The molecule has 3 aromatic rings. The van der Waals surface area contributed by atoms with Crippen molar-refractivity contribution in [2.75, 3.05) is 27.4 Å². The van der Waals surface area contributed by atoms with Gasteiger partial charge in [0.15, 0.2) is 18.1 Å². The molecule has 0 aliphatic carbocycles. The fourth-order valence-corrected chi connectivity index (χ4v) is 2.96. The molecule has 9 heteroatoms. The number of hydrogen-bond donors (Lipinski definition) is 2. The maximum absolute atomic E-state index is 12.4. The number of aromatic nitrogens is 2. The standard InChI is InChI=1S/C23H23N3O6/c1-4-24-21(27)13-32-18-9-5-14(11-19(18)30-2)6-10-20-25-17-12-15(23(29)31-3)7-8-16(17)22(28)26-20/h5-12H,4,13H2,1-3H3,(H,24,27)(H,25,26,28). The highest BCUT2D eigenvalue weighted by Crippen LogP contribution is 2.28. The van der Waals surface area contributed by atoms with Crippen LogP contribution >= 0.6 is 0 Å². The molecule has 0 saturated heterocycles. The normalized spacial score (nSPS) is 10.8. The van der Waals surface area contributed by atoms with Gasteiger partial charge >= 0.3 is 5.97 Å². The molecule has 0 radical (unpaired) electrons. The summed E-state index contributed by atoms with van der Waals surface area (Å²) < 4.78 is 15.6. The summed E-state index contributed by atoms with van der Waals surface area (Å²) in [6.07, 6.45) is 3.38. The Morgan fingerprint density at radius 3 is 2.62 bits per heavy atom. The van der Waals surface area contributed by atoms with Crippen LogP contribution in [-0.2, 0) is 9.53 Å². The van der Waals surface area contributed by atoms with Gasteiger partial charge in [-0.3, -0.25) is 9.59 Å². The molecule has 1 heterocycles. The molecule has 166 valence electrons. The number of esters is 1. The van der Waals surface area contributed by atoms with E-state index in [1.165, 1.54) is 32.4 Å². The maximum Gasteiger partial charge on any atom is 0.337 e. The first-order valence-electron chi connectivity index (χ1n) is 9.83. The van der Waals surface area contributed by atoms with Crippen LogP contribution in [0.5, 0.6) is 11.5 Å². The number of H-pyrrole nitrogens is 1. The van der Waals surface area contributed by atoms with E-state index < -0.39 is 5.97 Å². The Morgan fingerprint density at radius 2 is 1.91 bits per heavy atom. The number of likely N-dealkylation sites (N-methyl/N-ethyl adjacent to an activating group) is 1. The van der Waals surface area contributed by atoms with E-state index in [0.717, 1.165) is 5.56 Å². The van der Waals surface area contributed by atoms with Crippen LogP contribution in [0.25, 0.3) is 23.1 Å². The molecule has 32 heavy (non-hydrogen) atoms. The van der Waals surface area contributed by atoms with E-state index in [0.29, 0.717) is 40.3 Å². The number of fused-ring (bicyclic) bond motifs is 1. The summed E-state index contributed by atoms with van der Waals surface area (Å²) in [4.78, 5) is 42.8. The number of aromatic amines is 1. The molecular weight excluding hydrogens is 414 g/mol. The number of carbonyl (C=O) groups is 2. The summed E-state index contributed by atoms with van der Waals surface area (Å²) in [5.74, 6) is 0.482. The molecule has 0 fully saturated rings. The van der Waals surface area contributed by atoms with E-state index in [-0.39, 0.29) is 18.1 Å². The monoisotopic (exact) mass is 437 g/mol. The number of carbonyl (C=O) groups excluding carboxylic acids is 2. The first-order chi connectivity index (χ1) is 15.4. The van der Waals surface area contributed by atoms with Gasteiger partial charge in [-0.05, 0) is 48.9 Å². The zero-order chi connectivity index (χ0) is 23.1. The lowest BCUT2D eigenvalue weighted by atomic mass is 10.1. The second kappa shape index (κ2) is 10.3. The van der Waals surface area contributed by atoms with Gasteiger partial charge in [-0.15, -0.1) is 0 Å². The molecule has 0 unspecified atom stereocenters. The summed E-state index contributed by atoms with van der Waals surface area (Å²) in [5.41, 5.74) is 1.12. The largest absolute Gasteiger partial charge is 0.493 e. The number of nitrogens with one attached hydrogen (secondary N) is 2. The van der Waals surface area contributed by atoms with Gasteiger partial charge in [0.1, 0.15) is 5.82 Å². The van der Waals surface area contributed by atoms with Crippen molar-refractivity contribution in [1.82, 2.24) is 15.3 Å². The van der Waals surface area contributed by atoms with Crippen molar-refractivity contribution >= 4 is 34.9 Å². The van der Waals surface area contributed by atoms with Crippen LogP contribution < -0.4 is 20.3 Å². The molecule has 3 rings (SSSR count). The predicted molar refractivity (Wildman–Crippen MR) is 120 cm³/mol. The van der Waals surface area contributed by atoms with Gasteiger partial charge in [0.05, 0.1) is 30.7 Å². The number of nitrogens with zero attached hydrogens (tertiary/aromatic N) is 1. The fraction of sp³-hybridized carbons (Fsp3) is 0.217. The number of rotatable bonds is 8. The van der Waals surface area contributed by atoms with E-state index in [2.05, 4.69) is 15.3 Å². The molecule has 0 atom stereocenters. The Hall–Kier alpha value is -4.14. The minimum atomic E-state index is -0.507. The third-order valence-corrected chi connectivity index (χ3v) is 4.50. The number of methoxy groups -OCH3 is 2. The third kappa shape index (κ3) is 5.31. The van der Waals surface area contributed by atoms with Gasteiger partial charge in [-0.25, -0.2) is 9.78 Å². The highest BCUT2D eigenvalue weighted by atomic mass is 16.5. The molecule has 0 saturated carbocycles. The second-order valence-corrected chi connectivity index (χ2v) is 6.66. The first kappa shape index (κ1) is 22.5. The smallest absolute Gasteiger partial charge is 0.337 e. The highest BCUT2D eigenvalue weighted by molar-refractivity contribution is 5.94. The van der Waals surface area contributed by atoms with Crippen LogP contribution in [0, 0.1) is 0 Å². The van der Waals surface area contributed by atoms with Crippen LogP contribution in [0.3, 0.4) is 0 Å². The molecule has 1 amide bonds. The van der Waals surface area contributed by atoms with E-state index >= 15 is 0 Å². The quantitative estimate of drug-likeness (QED) is 0.519. The maximum atomic E-state index is 12.4. The van der Waals surface area contributed by atoms with E-state index in [9.17, 15) is 14.4 Å². The molecule has 0 spiro atoms. The number of benzene rings is 2. The van der Waals surface area contributed by atoms with Crippen molar-refractivity contribution in [3.8, 4) is 11.5 Å². The zero-order valence-electron chi connectivity index (χ0n) is 17.9. The number of amides is 1. The number of hydrogen-bond acceptors (Lipinski definition) is 7. The van der Waals surface area contributed by atoms with Crippen molar-refractivity contribution in [3.63, 3.8) is 0 Å². The van der Waals surface area contributed by atoms with Crippen molar-refractivity contribution in [2.45, 2.75) is 6.92 Å². The Morgan fingerprint density at radius 1 is 1.09 bits per heavy atom. The van der Waals surface area contributed by atoms with Crippen LogP contribution in [-0.4, -0.2) is 49.2 Å². The Balaban J connectivity index is 1.84. The summed E-state index contributed by atoms with van der Waals surface area (Å²) in [6, 6.07) is 9.76. The molecule has 0 bridgehead atoms. The first-order valence-corrected chi connectivity index (χ1v) is 9.83.